The van der Waals surface area contributed by atoms with E-state index in [1.807, 2.05) is 30.3 Å². The molecule has 3 rings (SSSR count). The van der Waals surface area contributed by atoms with Gasteiger partial charge in [-0.1, -0.05) is 12.1 Å². The first-order valence-electron chi connectivity index (χ1n) is 7.75. The standard InChI is InChI=1S/C17H19N3O3/c1-2-23-17(22)20-11-9-19(10-12-20)16(21)14-5-3-7-15-13(14)6-4-8-18-15/h3-8H,2,9-12H2,1H3. The summed E-state index contributed by atoms with van der Waals surface area (Å²) in [6, 6.07) is 9.30. The predicted octanol–water partition coefficient (Wildman–Crippen LogP) is 2.15. The molecule has 1 aliphatic rings. The van der Waals surface area contributed by atoms with Crippen LogP contribution in [0.2, 0.25) is 0 Å². The third-order valence-electron chi connectivity index (χ3n) is 3.97. The average molecular weight is 313 g/mol. The molecule has 0 atom stereocenters. The number of rotatable bonds is 2. The summed E-state index contributed by atoms with van der Waals surface area (Å²) < 4.78 is 4.99. The van der Waals surface area contributed by atoms with Crippen LogP contribution in [-0.2, 0) is 4.74 Å². The van der Waals surface area contributed by atoms with Gasteiger partial charge >= 0.3 is 6.09 Å². The number of hydrogen-bond acceptors (Lipinski definition) is 4. The normalized spacial score (nSPS) is 14.8. The first-order valence-corrected chi connectivity index (χ1v) is 7.75. The molecule has 0 N–H and O–H groups in total. The van der Waals surface area contributed by atoms with E-state index in [1.165, 1.54) is 0 Å². The molecule has 1 aliphatic heterocycles. The molecule has 1 aromatic heterocycles. The highest BCUT2D eigenvalue weighted by Crippen LogP contribution is 2.19. The Balaban J connectivity index is 1.73. The maximum absolute atomic E-state index is 12.8. The Kier molecular flexibility index (Phi) is 4.41. The van der Waals surface area contributed by atoms with Crippen LogP contribution in [0.25, 0.3) is 10.9 Å². The molecule has 2 amide bonds. The summed E-state index contributed by atoms with van der Waals surface area (Å²) in [4.78, 5) is 32.2. The second-order valence-electron chi connectivity index (χ2n) is 5.35. The van der Waals surface area contributed by atoms with Crippen LogP contribution in [-0.4, -0.2) is 59.6 Å². The molecule has 1 saturated heterocycles. The molecular formula is C17H19N3O3. The lowest BCUT2D eigenvalue weighted by atomic mass is 10.1. The third kappa shape index (κ3) is 3.11. The van der Waals surface area contributed by atoms with Crippen LogP contribution in [0, 0.1) is 0 Å². The number of aromatic nitrogens is 1. The van der Waals surface area contributed by atoms with E-state index in [9.17, 15) is 9.59 Å². The lowest BCUT2D eigenvalue weighted by molar-refractivity contribution is 0.0572. The van der Waals surface area contributed by atoms with Crippen LogP contribution < -0.4 is 0 Å². The number of ether oxygens (including phenoxy) is 1. The summed E-state index contributed by atoms with van der Waals surface area (Å²) in [5.74, 6) is -0.0212. The lowest BCUT2D eigenvalue weighted by Crippen LogP contribution is -2.50. The minimum absolute atomic E-state index is 0.0212. The van der Waals surface area contributed by atoms with Gasteiger partial charge in [0.2, 0.25) is 0 Å². The second kappa shape index (κ2) is 6.64. The van der Waals surface area contributed by atoms with E-state index >= 15 is 0 Å². The van der Waals surface area contributed by atoms with Gasteiger partial charge in [0.1, 0.15) is 0 Å². The van der Waals surface area contributed by atoms with Crippen LogP contribution in [0.1, 0.15) is 17.3 Å². The predicted molar refractivity (Wildman–Crippen MR) is 86.2 cm³/mol. The van der Waals surface area contributed by atoms with Gasteiger partial charge in [0.15, 0.2) is 0 Å². The van der Waals surface area contributed by atoms with E-state index in [-0.39, 0.29) is 12.0 Å². The topological polar surface area (TPSA) is 62.7 Å². The summed E-state index contributed by atoms with van der Waals surface area (Å²) in [6.45, 7) is 4.15. The van der Waals surface area contributed by atoms with Crippen molar-refractivity contribution in [3.05, 3.63) is 42.1 Å². The number of amides is 2. The molecule has 0 radical (unpaired) electrons. The zero-order valence-electron chi connectivity index (χ0n) is 13.1. The summed E-state index contributed by atoms with van der Waals surface area (Å²) in [5, 5.41) is 0.854. The fraction of sp³-hybridized carbons (Fsp3) is 0.353. The molecule has 120 valence electrons. The Morgan fingerprint density at radius 3 is 2.57 bits per heavy atom. The van der Waals surface area contributed by atoms with Gasteiger partial charge < -0.3 is 14.5 Å². The van der Waals surface area contributed by atoms with Crippen molar-refractivity contribution in [1.82, 2.24) is 14.8 Å². The van der Waals surface area contributed by atoms with E-state index in [1.54, 1.807) is 22.9 Å². The second-order valence-corrected chi connectivity index (χ2v) is 5.35. The van der Waals surface area contributed by atoms with E-state index in [2.05, 4.69) is 4.98 Å². The molecule has 1 aromatic carbocycles. The Hall–Kier alpha value is -2.63. The van der Waals surface area contributed by atoms with Crippen LogP contribution in [0.3, 0.4) is 0 Å². The highest BCUT2D eigenvalue weighted by molar-refractivity contribution is 6.06. The molecule has 0 saturated carbocycles. The van der Waals surface area contributed by atoms with Crippen molar-refractivity contribution in [2.24, 2.45) is 0 Å². The van der Waals surface area contributed by atoms with Crippen molar-refractivity contribution < 1.29 is 14.3 Å². The fourth-order valence-electron chi connectivity index (χ4n) is 2.77. The lowest BCUT2D eigenvalue weighted by Gasteiger charge is -2.34. The van der Waals surface area contributed by atoms with Gasteiger partial charge in [-0.25, -0.2) is 4.79 Å². The molecule has 0 spiro atoms. The van der Waals surface area contributed by atoms with E-state index < -0.39 is 0 Å². The zero-order valence-corrected chi connectivity index (χ0v) is 13.1. The fourth-order valence-corrected chi connectivity index (χ4v) is 2.77. The maximum atomic E-state index is 12.8. The molecule has 2 heterocycles. The van der Waals surface area contributed by atoms with Crippen molar-refractivity contribution in [2.45, 2.75) is 6.92 Å². The van der Waals surface area contributed by atoms with Crippen LogP contribution in [0.4, 0.5) is 4.79 Å². The van der Waals surface area contributed by atoms with Gasteiger partial charge in [-0.2, -0.15) is 0 Å². The van der Waals surface area contributed by atoms with Gasteiger partial charge in [-0.3, -0.25) is 9.78 Å². The molecule has 6 nitrogen and oxygen atoms in total. The summed E-state index contributed by atoms with van der Waals surface area (Å²) in [5.41, 5.74) is 1.46. The van der Waals surface area contributed by atoms with Crippen molar-refractivity contribution in [3.63, 3.8) is 0 Å². The van der Waals surface area contributed by atoms with Crippen molar-refractivity contribution in [3.8, 4) is 0 Å². The van der Waals surface area contributed by atoms with Gasteiger partial charge in [0.25, 0.3) is 5.91 Å². The Bertz CT molecular complexity index is 719. The highest BCUT2D eigenvalue weighted by Gasteiger charge is 2.26. The van der Waals surface area contributed by atoms with Crippen molar-refractivity contribution in [2.75, 3.05) is 32.8 Å². The molecule has 0 aliphatic carbocycles. The van der Waals surface area contributed by atoms with Crippen LogP contribution in [0.15, 0.2) is 36.5 Å². The van der Waals surface area contributed by atoms with E-state index in [0.717, 1.165) is 10.9 Å². The monoisotopic (exact) mass is 313 g/mol. The number of benzene rings is 1. The number of piperazine rings is 1. The summed E-state index contributed by atoms with van der Waals surface area (Å²) in [6.07, 6.45) is 1.41. The minimum atomic E-state index is -0.311. The summed E-state index contributed by atoms with van der Waals surface area (Å²) >= 11 is 0. The van der Waals surface area contributed by atoms with Crippen LogP contribution in [0.5, 0.6) is 0 Å². The number of carbonyl (C=O) groups is 2. The van der Waals surface area contributed by atoms with Gasteiger partial charge in [0.05, 0.1) is 12.1 Å². The number of carbonyl (C=O) groups excluding carboxylic acids is 2. The van der Waals surface area contributed by atoms with E-state index in [0.29, 0.717) is 38.3 Å². The number of pyridine rings is 1. The number of hydrogen-bond donors (Lipinski definition) is 0. The largest absolute Gasteiger partial charge is 0.450 e. The minimum Gasteiger partial charge on any atom is -0.450 e. The average Bonchev–Trinajstić information content (AvgIpc) is 2.61. The Morgan fingerprint density at radius 1 is 1.09 bits per heavy atom. The van der Waals surface area contributed by atoms with Crippen molar-refractivity contribution >= 4 is 22.9 Å². The summed E-state index contributed by atoms with van der Waals surface area (Å²) in [7, 11) is 0. The smallest absolute Gasteiger partial charge is 0.409 e. The highest BCUT2D eigenvalue weighted by atomic mass is 16.6. The molecule has 6 heteroatoms. The number of fused-ring (bicyclic) bond motifs is 1. The Labute approximate surface area is 134 Å². The molecule has 0 bridgehead atoms. The van der Waals surface area contributed by atoms with Gasteiger partial charge in [0, 0.05) is 43.3 Å². The maximum Gasteiger partial charge on any atom is 0.409 e. The van der Waals surface area contributed by atoms with Crippen LogP contribution >= 0.6 is 0 Å². The van der Waals surface area contributed by atoms with E-state index in [4.69, 9.17) is 4.74 Å². The van der Waals surface area contributed by atoms with Gasteiger partial charge in [-0.15, -0.1) is 0 Å². The first kappa shape index (κ1) is 15.3. The Morgan fingerprint density at radius 2 is 1.83 bits per heavy atom. The van der Waals surface area contributed by atoms with Crippen molar-refractivity contribution in [1.29, 1.82) is 0 Å². The molecule has 0 unspecified atom stereocenters. The van der Waals surface area contributed by atoms with Gasteiger partial charge in [-0.05, 0) is 25.1 Å². The molecular weight excluding hydrogens is 294 g/mol. The molecule has 23 heavy (non-hydrogen) atoms. The quantitative estimate of drug-likeness (QED) is 0.852. The molecule has 1 fully saturated rings. The molecule has 2 aromatic rings. The third-order valence-corrected chi connectivity index (χ3v) is 3.97. The SMILES string of the molecule is CCOC(=O)N1CCN(C(=O)c2cccc3ncccc23)CC1. The zero-order chi connectivity index (χ0) is 16.2. The number of nitrogens with zero attached hydrogens (tertiary/aromatic N) is 3. The first-order chi connectivity index (χ1) is 11.2.